The highest BCUT2D eigenvalue weighted by molar-refractivity contribution is 4.73. The molecule has 1 atom stereocenters. The predicted octanol–water partition coefficient (Wildman–Crippen LogP) is 3.66. The highest BCUT2D eigenvalue weighted by Crippen LogP contribution is 2.27. The number of hydrogen-bond acceptors (Lipinski definition) is 0. The zero-order chi connectivity index (χ0) is 9.02. The summed E-state index contributed by atoms with van der Waals surface area (Å²) in [6.45, 7) is 10.3. The third-order valence-electron chi connectivity index (χ3n) is 2.35. The Morgan fingerprint density at radius 2 is 1.36 bits per heavy atom. The summed E-state index contributed by atoms with van der Waals surface area (Å²) in [5.41, 5.74) is 0. The van der Waals surface area contributed by atoms with Gasteiger partial charge < -0.3 is 0 Å². The zero-order valence-electron chi connectivity index (χ0n) is 8.39. The van der Waals surface area contributed by atoms with Crippen LogP contribution in [0.25, 0.3) is 0 Å². The molecule has 0 rings (SSSR count). The Morgan fingerprint density at radius 3 is 1.45 bits per heavy atom. The minimum absolute atomic E-state index is 0.236. The summed E-state index contributed by atoms with van der Waals surface area (Å²) in [5.74, 6) is 1.16. The monoisotopic (exact) mass is 160 g/mol. The highest BCUT2D eigenvalue weighted by Gasteiger charge is 2.25. The van der Waals surface area contributed by atoms with E-state index < -0.39 is 6.17 Å². The topological polar surface area (TPSA) is 0 Å². The Balaban J connectivity index is 4.09. The van der Waals surface area contributed by atoms with Gasteiger partial charge in [0.25, 0.3) is 0 Å². The minimum atomic E-state index is -0.616. The molecule has 1 heteroatoms. The molecule has 0 amide bonds. The molecule has 0 aliphatic heterocycles. The maximum absolute atomic E-state index is 13.3. The SMILES string of the molecule is CCC(F)C(C(C)C)C(C)C. The third-order valence-corrected chi connectivity index (χ3v) is 2.35. The van der Waals surface area contributed by atoms with Crippen molar-refractivity contribution in [2.75, 3.05) is 0 Å². The molecule has 0 fully saturated rings. The van der Waals surface area contributed by atoms with Gasteiger partial charge in [-0.2, -0.15) is 0 Å². The normalized spacial score (nSPS) is 15.0. The predicted molar refractivity (Wildman–Crippen MR) is 48.4 cm³/mol. The Morgan fingerprint density at radius 1 is 1.00 bits per heavy atom. The van der Waals surface area contributed by atoms with Gasteiger partial charge in [-0.25, -0.2) is 4.39 Å². The summed E-state index contributed by atoms with van der Waals surface area (Å²) in [6, 6.07) is 0. The van der Waals surface area contributed by atoms with Crippen LogP contribution < -0.4 is 0 Å². The van der Waals surface area contributed by atoms with E-state index in [4.69, 9.17) is 0 Å². The largest absolute Gasteiger partial charge is 0.247 e. The molecule has 0 aliphatic carbocycles. The summed E-state index contributed by atoms with van der Waals surface area (Å²) in [4.78, 5) is 0. The van der Waals surface area contributed by atoms with Crippen LogP contribution in [0, 0.1) is 17.8 Å². The summed E-state index contributed by atoms with van der Waals surface area (Å²) >= 11 is 0. The fourth-order valence-corrected chi connectivity index (χ4v) is 1.88. The van der Waals surface area contributed by atoms with Crippen molar-refractivity contribution < 1.29 is 4.39 Å². The zero-order valence-corrected chi connectivity index (χ0v) is 8.39. The molecule has 0 aliphatic rings. The lowest BCUT2D eigenvalue weighted by Crippen LogP contribution is -2.26. The van der Waals surface area contributed by atoms with Gasteiger partial charge in [-0.05, 0) is 24.2 Å². The second kappa shape index (κ2) is 4.74. The number of hydrogen-bond donors (Lipinski definition) is 0. The van der Waals surface area contributed by atoms with E-state index >= 15 is 0 Å². The lowest BCUT2D eigenvalue weighted by Gasteiger charge is -2.27. The smallest absolute Gasteiger partial charge is 0.103 e. The van der Waals surface area contributed by atoms with E-state index in [1.54, 1.807) is 0 Å². The molecule has 0 heterocycles. The van der Waals surface area contributed by atoms with Gasteiger partial charge >= 0.3 is 0 Å². The lowest BCUT2D eigenvalue weighted by atomic mass is 9.81. The van der Waals surface area contributed by atoms with Crippen LogP contribution in [-0.2, 0) is 0 Å². The summed E-state index contributed by atoms with van der Waals surface area (Å²) in [7, 11) is 0. The molecule has 0 aromatic carbocycles. The number of halogens is 1. The summed E-state index contributed by atoms with van der Waals surface area (Å²) in [6.07, 6.45) is 0.0381. The van der Waals surface area contributed by atoms with Crippen LogP contribution in [-0.4, -0.2) is 6.17 Å². The maximum Gasteiger partial charge on any atom is 0.103 e. The van der Waals surface area contributed by atoms with Crippen molar-refractivity contribution in [1.29, 1.82) is 0 Å². The highest BCUT2D eigenvalue weighted by atomic mass is 19.1. The van der Waals surface area contributed by atoms with Crippen molar-refractivity contribution in [3.05, 3.63) is 0 Å². The summed E-state index contributed by atoms with van der Waals surface area (Å²) < 4.78 is 13.3. The first-order valence-corrected chi connectivity index (χ1v) is 4.64. The second-order valence-corrected chi connectivity index (χ2v) is 3.99. The van der Waals surface area contributed by atoms with Crippen molar-refractivity contribution in [3.63, 3.8) is 0 Å². The molecule has 0 aromatic heterocycles. The van der Waals surface area contributed by atoms with Crippen molar-refractivity contribution in [1.82, 2.24) is 0 Å². The minimum Gasteiger partial charge on any atom is -0.247 e. The van der Waals surface area contributed by atoms with Crippen LogP contribution in [0.5, 0.6) is 0 Å². The Bertz CT molecular complexity index is 89.0. The molecule has 0 bridgehead atoms. The Hall–Kier alpha value is -0.0700. The molecule has 0 saturated carbocycles. The van der Waals surface area contributed by atoms with Gasteiger partial charge in [0.2, 0.25) is 0 Å². The van der Waals surface area contributed by atoms with E-state index in [1.165, 1.54) is 0 Å². The fraction of sp³-hybridized carbons (Fsp3) is 1.00. The molecule has 0 radical (unpaired) electrons. The van der Waals surface area contributed by atoms with Crippen molar-refractivity contribution in [2.24, 2.45) is 17.8 Å². The van der Waals surface area contributed by atoms with Crippen LogP contribution in [0.4, 0.5) is 4.39 Å². The van der Waals surface area contributed by atoms with Crippen LogP contribution in [0.3, 0.4) is 0 Å². The first-order valence-electron chi connectivity index (χ1n) is 4.64. The van der Waals surface area contributed by atoms with Gasteiger partial charge in [-0.3, -0.25) is 0 Å². The molecule has 68 valence electrons. The lowest BCUT2D eigenvalue weighted by molar-refractivity contribution is 0.130. The second-order valence-electron chi connectivity index (χ2n) is 3.99. The molecule has 11 heavy (non-hydrogen) atoms. The average molecular weight is 160 g/mol. The van der Waals surface area contributed by atoms with Gasteiger partial charge in [0, 0.05) is 0 Å². The summed E-state index contributed by atoms with van der Waals surface area (Å²) in [5, 5.41) is 0. The van der Waals surface area contributed by atoms with E-state index in [0.717, 1.165) is 0 Å². The molecule has 0 spiro atoms. The quantitative estimate of drug-likeness (QED) is 0.588. The molecule has 1 unspecified atom stereocenters. The van der Waals surface area contributed by atoms with Gasteiger partial charge in [0.05, 0.1) is 0 Å². The van der Waals surface area contributed by atoms with E-state index in [-0.39, 0.29) is 5.92 Å². The van der Waals surface area contributed by atoms with E-state index in [1.807, 2.05) is 6.92 Å². The van der Waals surface area contributed by atoms with Gasteiger partial charge in [-0.15, -0.1) is 0 Å². The molecule has 0 saturated heterocycles. The van der Waals surface area contributed by atoms with Crippen LogP contribution in [0.2, 0.25) is 0 Å². The first-order chi connectivity index (χ1) is 5.00. The average Bonchev–Trinajstić information content (AvgIpc) is 1.85. The third kappa shape index (κ3) is 3.22. The standard InChI is InChI=1S/C10H21F/c1-6-9(11)10(7(2)3)8(4)5/h7-10H,6H2,1-5H3. The van der Waals surface area contributed by atoms with Gasteiger partial charge in [0.1, 0.15) is 6.17 Å². The van der Waals surface area contributed by atoms with Crippen molar-refractivity contribution in [2.45, 2.75) is 47.2 Å². The van der Waals surface area contributed by atoms with Crippen LogP contribution >= 0.6 is 0 Å². The van der Waals surface area contributed by atoms with Crippen LogP contribution in [0.1, 0.15) is 41.0 Å². The van der Waals surface area contributed by atoms with Crippen LogP contribution in [0.15, 0.2) is 0 Å². The van der Waals surface area contributed by atoms with E-state index in [9.17, 15) is 4.39 Å². The van der Waals surface area contributed by atoms with Crippen molar-refractivity contribution >= 4 is 0 Å². The number of rotatable bonds is 4. The molecular formula is C10H21F. The van der Waals surface area contributed by atoms with E-state index in [2.05, 4.69) is 27.7 Å². The Kier molecular flexibility index (Phi) is 4.71. The van der Waals surface area contributed by atoms with E-state index in [0.29, 0.717) is 18.3 Å². The number of alkyl halides is 1. The molecule has 0 N–H and O–H groups in total. The molecule has 0 nitrogen and oxygen atoms in total. The molecular weight excluding hydrogens is 139 g/mol. The van der Waals surface area contributed by atoms with Crippen molar-refractivity contribution in [3.8, 4) is 0 Å². The van der Waals surface area contributed by atoms with Gasteiger partial charge in [0.15, 0.2) is 0 Å². The maximum atomic E-state index is 13.3. The van der Waals surface area contributed by atoms with Gasteiger partial charge in [-0.1, -0.05) is 34.6 Å². The first kappa shape index (κ1) is 10.9. The Labute approximate surface area is 70.2 Å². The molecule has 0 aromatic rings. The fourth-order valence-electron chi connectivity index (χ4n) is 1.88.